The van der Waals surface area contributed by atoms with Gasteiger partial charge in [0.25, 0.3) is 0 Å². The number of aromatic nitrogens is 4. The van der Waals surface area contributed by atoms with Gasteiger partial charge >= 0.3 is 0 Å². The highest BCUT2D eigenvalue weighted by Crippen LogP contribution is 2.36. The number of nitrogens with zero attached hydrogens (tertiary/aromatic N) is 4. The molecule has 0 saturated carbocycles. The molecular formula is C39H36N4O. The smallest absolute Gasteiger partial charge is 0.137 e. The van der Waals surface area contributed by atoms with Crippen LogP contribution >= 0.6 is 0 Å². The van der Waals surface area contributed by atoms with E-state index in [0.29, 0.717) is 5.92 Å². The van der Waals surface area contributed by atoms with E-state index in [1.54, 1.807) is 0 Å². The Hall–Kier alpha value is -5.16. The van der Waals surface area contributed by atoms with Crippen LogP contribution in [0.1, 0.15) is 37.7 Å². The van der Waals surface area contributed by atoms with Crippen molar-refractivity contribution in [2.45, 2.75) is 40.5 Å². The van der Waals surface area contributed by atoms with Crippen LogP contribution < -0.4 is 4.74 Å². The number of pyridine rings is 1. The molecule has 0 aliphatic heterocycles. The van der Waals surface area contributed by atoms with E-state index in [1.807, 2.05) is 24.4 Å². The maximum atomic E-state index is 6.55. The van der Waals surface area contributed by atoms with Gasteiger partial charge in [-0.15, -0.1) is 0 Å². The molecule has 0 aliphatic carbocycles. The van der Waals surface area contributed by atoms with Gasteiger partial charge in [-0.2, -0.15) is 5.10 Å². The van der Waals surface area contributed by atoms with Crippen LogP contribution in [0.15, 0.2) is 115 Å². The molecule has 0 radical (unpaired) electrons. The summed E-state index contributed by atoms with van der Waals surface area (Å²) in [5.41, 5.74) is 9.15. The molecular weight excluding hydrogens is 540 g/mol. The second-order valence-corrected chi connectivity index (χ2v) is 11.8. The summed E-state index contributed by atoms with van der Waals surface area (Å²) < 4.78 is 10.9. The van der Waals surface area contributed by atoms with E-state index < -0.39 is 0 Å². The lowest BCUT2D eigenvalue weighted by Gasteiger charge is -2.14. The normalized spacial score (nSPS) is 11.6. The van der Waals surface area contributed by atoms with Crippen molar-refractivity contribution in [2.24, 2.45) is 5.92 Å². The third kappa shape index (κ3) is 5.05. The third-order valence-electron chi connectivity index (χ3n) is 8.13. The first-order chi connectivity index (χ1) is 21.5. The lowest BCUT2D eigenvalue weighted by Crippen LogP contribution is -2.06. The Morgan fingerprint density at radius 3 is 2.32 bits per heavy atom. The lowest BCUT2D eigenvalue weighted by atomic mass is 9.97. The van der Waals surface area contributed by atoms with E-state index in [-0.39, 0.29) is 0 Å². The Kier molecular flexibility index (Phi) is 7.23. The molecule has 5 nitrogen and oxygen atoms in total. The average Bonchev–Trinajstić information content (AvgIpc) is 3.56. The van der Waals surface area contributed by atoms with E-state index in [0.717, 1.165) is 52.6 Å². The standard InChI is InChI=1S/C39H36N4O/c1-5-34-39(28-12-7-6-8-13-28)37(22-26(2)3)43(41-34)29-14-11-15-30(24-29)44-31-18-19-33-32-16-9-10-17-35(32)42(36(33)25-31)38-23-27(4)20-21-40-38/h6-21,23-26H,5,22H2,1-4H3. The molecule has 4 aromatic carbocycles. The molecule has 0 fully saturated rings. The van der Waals surface area contributed by atoms with Gasteiger partial charge in [-0.1, -0.05) is 75.4 Å². The zero-order valence-corrected chi connectivity index (χ0v) is 25.7. The number of hydrogen-bond donors (Lipinski definition) is 0. The second-order valence-electron chi connectivity index (χ2n) is 11.8. The molecule has 0 spiro atoms. The van der Waals surface area contributed by atoms with Gasteiger partial charge in [0.2, 0.25) is 0 Å². The van der Waals surface area contributed by atoms with Gasteiger partial charge in [0.15, 0.2) is 0 Å². The molecule has 7 aromatic rings. The summed E-state index contributed by atoms with van der Waals surface area (Å²) in [6.07, 6.45) is 3.66. The van der Waals surface area contributed by atoms with E-state index >= 15 is 0 Å². The van der Waals surface area contributed by atoms with Gasteiger partial charge in [0.05, 0.1) is 28.1 Å². The number of fused-ring (bicyclic) bond motifs is 3. The molecule has 5 heteroatoms. The molecule has 0 atom stereocenters. The molecule has 218 valence electrons. The maximum Gasteiger partial charge on any atom is 0.137 e. The Balaban J connectivity index is 1.31. The van der Waals surface area contributed by atoms with Crippen LogP contribution in [0, 0.1) is 12.8 Å². The van der Waals surface area contributed by atoms with Crippen molar-refractivity contribution in [2.75, 3.05) is 0 Å². The maximum absolute atomic E-state index is 6.55. The van der Waals surface area contributed by atoms with Gasteiger partial charge in [0, 0.05) is 34.7 Å². The summed E-state index contributed by atoms with van der Waals surface area (Å²) in [5, 5.41) is 7.50. The highest BCUT2D eigenvalue weighted by Gasteiger charge is 2.21. The van der Waals surface area contributed by atoms with Crippen LogP contribution in [-0.2, 0) is 12.8 Å². The van der Waals surface area contributed by atoms with Crippen LogP contribution in [0.4, 0.5) is 0 Å². The first kappa shape index (κ1) is 27.7. The molecule has 0 N–H and O–H groups in total. The fourth-order valence-corrected chi connectivity index (χ4v) is 6.20. The van der Waals surface area contributed by atoms with E-state index in [2.05, 4.69) is 128 Å². The summed E-state index contributed by atoms with van der Waals surface area (Å²) in [4.78, 5) is 4.72. The Morgan fingerprint density at radius 2 is 1.52 bits per heavy atom. The van der Waals surface area contributed by atoms with Crippen LogP contribution in [0.5, 0.6) is 11.5 Å². The van der Waals surface area contributed by atoms with Gasteiger partial charge in [-0.3, -0.25) is 4.57 Å². The molecule has 0 aliphatic rings. The summed E-state index contributed by atoms with van der Waals surface area (Å²) in [6, 6.07) is 37.8. The minimum Gasteiger partial charge on any atom is -0.457 e. The number of aryl methyl sites for hydroxylation is 2. The molecule has 0 amide bonds. The van der Waals surface area contributed by atoms with Crippen LogP contribution in [-0.4, -0.2) is 19.3 Å². The van der Waals surface area contributed by atoms with Crippen LogP contribution in [0.2, 0.25) is 0 Å². The van der Waals surface area contributed by atoms with Gasteiger partial charge in [0.1, 0.15) is 17.3 Å². The van der Waals surface area contributed by atoms with Gasteiger partial charge in [-0.25, -0.2) is 9.67 Å². The predicted molar refractivity (Wildman–Crippen MR) is 180 cm³/mol. The third-order valence-corrected chi connectivity index (χ3v) is 8.13. The number of hydrogen-bond acceptors (Lipinski definition) is 3. The molecule has 0 saturated heterocycles. The largest absolute Gasteiger partial charge is 0.457 e. The van der Waals surface area contributed by atoms with E-state index in [9.17, 15) is 0 Å². The van der Waals surface area contributed by atoms with Crippen molar-refractivity contribution in [1.29, 1.82) is 0 Å². The van der Waals surface area contributed by atoms with Crippen molar-refractivity contribution < 1.29 is 4.74 Å². The van der Waals surface area contributed by atoms with Gasteiger partial charge < -0.3 is 4.74 Å². The molecule has 0 unspecified atom stereocenters. The fourth-order valence-electron chi connectivity index (χ4n) is 6.20. The second kappa shape index (κ2) is 11.5. The van der Waals surface area contributed by atoms with Crippen molar-refractivity contribution in [3.8, 4) is 34.1 Å². The first-order valence-electron chi connectivity index (χ1n) is 15.4. The summed E-state index contributed by atoms with van der Waals surface area (Å²) in [6.45, 7) is 8.80. The molecule has 3 aromatic heterocycles. The number of para-hydroxylation sites is 1. The van der Waals surface area contributed by atoms with Crippen molar-refractivity contribution in [1.82, 2.24) is 19.3 Å². The molecule has 0 bridgehead atoms. The Labute approximate surface area is 258 Å². The van der Waals surface area contributed by atoms with Crippen molar-refractivity contribution in [3.05, 3.63) is 132 Å². The van der Waals surface area contributed by atoms with Crippen LogP contribution in [0.3, 0.4) is 0 Å². The summed E-state index contributed by atoms with van der Waals surface area (Å²) >= 11 is 0. The lowest BCUT2D eigenvalue weighted by molar-refractivity contribution is 0.482. The summed E-state index contributed by atoms with van der Waals surface area (Å²) in [5.74, 6) is 2.92. The number of rotatable bonds is 8. The van der Waals surface area contributed by atoms with Crippen molar-refractivity contribution >= 4 is 21.8 Å². The fraction of sp³-hybridized carbons (Fsp3) is 0.179. The molecule has 44 heavy (non-hydrogen) atoms. The first-order valence-corrected chi connectivity index (χ1v) is 15.4. The predicted octanol–water partition coefficient (Wildman–Crippen LogP) is 9.89. The number of benzene rings is 4. The number of ether oxygens (including phenoxy) is 1. The SMILES string of the molecule is CCc1nn(-c2cccc(Oc3ccc4c5ccccc5n(-c5cc(C)ccn5)c4c3)c2)c(CC(C)C)c1-c1ccccc1. The quantitative estimate of drug-likeness (QED) is 0.181. The topological polar surface area (TPSA) is 44.9 Å². The minimum absolute atomic E-state index is 0.485. The highest BCUT2D eigenvalue weighted by molar-refractivity contribution is 6.09. The monoisotopic (exact) mass is 576 g/mol. The minimum atomic E-state index is 0.485. The van der Waals surface area contributed by atoms with E-state index in [4.69, 9.17) is 14.8 Å². The van der Waals surface area contributed by atoms with E-state index in [1.165, 1.54) is 33.2 Å². The Bertz CT molecular complexity index is 2100. The van der Waals surface area contributed by atoms with Crippen molar-refractivity contribution in [3.63, 3.8) is 0 Å². The zero-order valence-electron chi connectivity index (χ0n) is 25.7. The van der Waals surface area contributed by atoms with Crippen LogP contribution in [0.25, 0.3) is 44.4 Å². The zero-order chi connectivity index (χ0) is 30.2. The molecule has 7 rings (SSSR count). The van der Waals surface area contributed by atoms with Gasteiger partial charge in [-0.05, 0) is 79.3 Å². The summed E-state index contributed by atoms with van der Waals surface area (Å²) in [7, 11) is 0. The molecule has 3 heterocycles. The Morgan fingerprint density at radius 1 is 0.750 bits per heavy atom. The average molecular weight is 577 g/mol. The highest BCUT2D eigenvalue weighted by atomic mass is 16.5.